The van der Waals surface area contributed by atoms with E-state index in [9.17, 15) is 0 Å². The van der Waals surface area contributed by atoms with Crippen LogP contribution in [0.1, 0.15) is 0 Å². The molecular weight excluding hydrogens is 643 g/mol. The third kappa shape index (κ3) is 4.82. The van der Waals surface area contributed by atoms with Gasteiger partial charge in [-0.15, -0.1) is 0 Å². The van der Waals surface area contributed by atoms with Crippen LogP contribution in [0.15, 0.2) is 188 Å². The highest BCUT2D eigenvalue weighted by atomic mass is 15.0. The zero-order valence-electron chi connectivity index (χ0n) is 28.7. The first-order valence-corrected chi connectivity index (χ1v) is 18.1. The van der Waals surface area contributed by atoms with E-state index in [0.29, 0.717) is 5.82 Å². The summed E-state index contributed by atoms with van der Waals surface area (Å²) in [6.07, 6.45) is 0. The molecule has 0 radical (unpaired) electrons. The Morgan fingerprint density at radius 3 is 1.79 bits per heavy atom. The van der Waals surface area contributed by atoms with Gasteiger partial charge in [0, 0.05) is 33.0 Å². The van der Waals surface area contributed by atoms with Crippen LogP contribution < -0.4 is 0 Å². The first-order valence-electron chi connectivity index (χ1n) is 18.1. The maximum absolute atomic E-state index is 5.33. The monoisotopic (exact) mass is 673 g/mol. The van der Waals surface area contributed by atoms with Crippen LogP contribution in [-0.2, 0) is 0 Å². The number of fused-ring (bicyclic) bond motifs is 8. The second-order valence-corrected chi connectivity index (χ2v) is 13.8. The summed E-state index contributed by atoms with van der Waals surface area (Å²) in [5.74, 6) is 0.707. The Hall–Kier alpha value is -7.10. The normalized spacial score (nSPS) is 11.8. The molecule has 0 saturated heterocycles. The van der Waals surface area contributed by atoms with Crippen molar-refractivity contribution in [2.24, 2.45) is 0 Å². The highest BCUT2D eigenvalue weighted by molar-refractivity contribution is 6.23. The molecule has 53 heavy (non-hydrogen) atoms. The molecule has 2 heterocycles. The zero-order valence-corrected chi connectivity index (χ0v) is 28.7. The molecule has 11 rings (SSSR count). The van der Waals surface area contributed by atoms with Crippen molar-refractivity contribution in [3.63, 3.8) is 0 Å². The van der Waals surface area contributed by atoms with Gasteiger partial charge in [0.05, 0.1) is 22.2 Å². The van der Waals surface area contributed by atoms with E-state index in [1.54, 1.807) is 0 Å². The lowest BCUT2D eigenvalue weighted by Gasteiger charge is -2.13. The van der Waals surface area contributed by atoms with Crippen molar-refractivity contribution in [2.45, 2.75) is 0 Å². The van der Waals surface area contributed by atoms with Crippen molar-refractivity contribution >= 4 is 65.0 Å². The number of benzene rings is 9. The van der Waals surface area contributed by atoms with Gasteiger partial charge < -0.3 is 4.57 Å². The second-order valence-electron chi connectivity index (χ2n) is 13.8. The fraction of sp³-hybridized carbons (Fsp3) is 0. The maximum Gasteiger partial charge on any atom is 0.160 e. The summed E-state index contributed by atoms with van der Waals surface area (Å²) < 4.78 is 2.40. The van der Waals surface area contributed by atoms with Gasteiger partial charge in [-0.1, -0.05) is 127 Å². The molecule has 0 N–H and O–H groups in total. The van der Waals surface area contributed by atoms with Crippen molar-refractivity contribution in [2.75, 3.05) is 0 Å². The molecule has 0 bridgehead atoms. The van der Waals surface area contributed by atoms with Gasteiger partial charge in [-0.05, 0) is 104 Å². The van der Waals surface area contributed by atoms with Crippen molar-refractivity contribution in [1.29, 1.82) is 0 Å². The van der Waals surface area contributed by atoms with Gasteiger partial charge in [0.15, 0.2) is 5.82 Å². The van der Waals surface area contributed by atoms with Crippen LogP contribution in [0, 0.1) is 0 Å². The molecule has 9 aromatic carbocycles. The molecule has 2 aromatic heterocycles. The van der Waals surface area contributed by atoms with E-state index in [1.807, 2.05) is 0 Å². The highest BCUT2D eigenvalue weighted by Crippen LogP contribution is 2.39. The van der Waals surface area contributed by atoms with Crippen LogP contribution in [-0.4, -0.2) is 14.5 Å². The van der Waals surface area contributed by atoms with Crippen molar-refractivity contribution in [3.8, 4) is 39.5 Å². The van der Waals surface area contributed by atoms with Crippen LogP contribution in [0.25, 0.3) is 104 Å². The quantitative estimate of drug-likeness (QED) is 0.186. The van der Waals surface area contributed by atoms with E-state index >= 15 is 0 Å². The van der Waals surface area contributed by atoms with Crippen LogP contribution in [0.2, 0.25) is 0 Å². The summed E-state index contributed by atoms with van der Waals surface area (Å²) in [6, 6.07) is 67.4. The Kier molecular flexibility index (Phi) is 6.55. The molecule has 0 spiro atoms. The minimum absolute atomic E-state index is 0.707. The van der Waals surface area contributed by atoms with E-state index in [4.69, 9.17) is 9.97 Å². The SMILES string of the molecule is c1ccc(-c2ccc3nc(-c4ccc(-n5c6cc7ccccc7cc6c6c7ccccc7ccc65)cc4)nc(-c4ccc5ccccc5c4)c3c2)cc1. The standard InChI is InChI=1S/C50H31N3/c1-2-10-32(11-3-1)39-22-26-45-43(29-39)49(40-19-18-33-12-4-5-14-36(33)28-40)52-50(51-45)35-20-24-41(25-21-35)53-46-27-23-34-13-8-9-17-42(34)48(46)44-30-37-15-6-7-16-38(37)31-47(44)53/h1-31H. The number of rotatable bonds is 4. The lowest BCUT2D eigenvalue weighted by atomic mass is 9.98. The number of nitrogens with zero attached hydrogens (tertiary/aromatic N) is 3. The molecule has 0 aliphatic rings. The van der Waals surface area contributed by atoms with Crippen LogP contribution in [0.3, 0.4) is 0 Å². The molecule has 0 atom stereocenters. The number of hydrogen-bond donors (Lipinski definition) is 0. The van der Waals surface area contributed by atoms with E-state index < -0.39 is 0 Å². The third-order valence-electron chi connectivity index (χ3n) is 10.7. The van der Waals surface area contributed by atoms with Gasteiger partial charge in [0.25, 0.3) is 0 Å². The summed E-state index contributed by atoms with van der Waals surface area (Å²) in [5.41, 5.74) is 9.70. The first-order chi connectivity index (χ1) is 26.2. The van der Waals surface area contributed by atoms with E-state index in [2.05, 4.69) is 193 Å². The van der Waals surface area contributed by atoms with Crippen LogP contribution in [0.4, 0.5) is 0 Å². The molecular formula is C50H31N3. The molecule has 0 saturated carbocycles. The maximum atomic E-state index is 5.33. The molecule has 0 unspecified atom stereocenters. The van der Waals surface area contributed by atoms with Gasteiger partial charge in [-0.25, -0.2) is 9.97 Å². The summed E-state index contributed by atoms with van der Waals surface area (Å²) >= 11 is 0. The summed E-state index contributed by atoms with van der Waals surface area (Å²) in [6.45, 7) is 0. The van der Waals surface area contributed by atoms with Crippen molar-refractivity contribution in [3.05, 3.63) is 188 Å². The summed E-state index contributed by atoms with van der Waals surface area (Å²) in [7, 11) is 0. The first kappa shape index (κ1) is 29.6. The minimum atomic E-state index is 0.707. The number of hydrogen-bond acceptors (Lipinski definition) is 2. The van der Waals surface area contributed by atoms with E-state index in [0.717, 1.165) is 39.0 Å². The Balaban J connectivity index is 1.09. The Morgan fingerprint density at radius 2 is 0.981 bits per heavy atom. The van der Waals surface area contributed by atoms with E-state index in [-0.39, 0.29) is 0 Å². The van der Waals surface area contributed by atoms with Gasteiger partial charge in [-0.3, -0.25) is 0 Å². The molecule has 3 nitrogen and oxygen atoms in total. The topological polar surface area (TPSA) is 30.7 Å². The zero-order chi connectivity index (χ0) is 34.9. The molecule has 0 fully saturated rings. The molecule has 246 valence electrons. The predicted molar refractivity (Wildman–Crippen MR) is 223 cm³/mol. The fourth-order valence-corrected chi connectivity index (χ4v) is 8.13. The minimum Gasteiger partial charge on any atom is -0.309 e. The van der Waals surface area contributed by atoms with Crippen molar-refractivity contribution in [1.82, 2.24) is 14.5 Å². The Bertz CT molecular complexity index is 3210. The van der Waals surface area contributed by atoms with Gasteiger partial charge in [0.2, 0.25) is 0 Å². The summed E-state index contributed by atoms with van der Waals surface area (Å²) in [5, 5.41) is 10.9. The van der Waals surface area contributed by atoms with Gasteiger partial charge in [0.1, 0.15) is 0 Å². The van der Waals surface area contributed by atoms with Gasteiger partial charge >= 0.3 is 0 Å². The smallest absolute Gasteiger partial charge is 0.160 e. The predicted octanol–water partition coefficient (Wildman–Crippen LogP) is 13.2. The third-order valence-corrected chi connectivity index (χ3v) is 10.7. The second kappa shape index (κ2) is 11.7. The summed E-state index contributed by atoms with van der Waals surface area (Å²) in [4.78, 5) is 10.5. The molecule has 3 heteroatoms. The lowest BCUT2D eigenvalue weighted by molar-refractivity contribution is 1.18. The van der Waals surface area contributed by atoms with Crippen molar-refractivity contribution < 1.29 is 0 Å². The Labute approximate surface area is 306 Å². The lowest BCUT2D eigenvalue weighted by Crippen LogP contribution is -1.97. The van der Waals surface area contributed by atoms with Crippen LogP contribution in [0.5, 0.6) is 0 Å². The highest BCUT2D eigenvalue weighted by Gasteiger charge is 2.17. The molecule has 0 amide bonds. The molecule has 11 aromatic rings. The largest absolute Gasteiger partial charge is 0.309 e. The van der Waals surface area contributed by atoms with Crippen LogP contribution >= 0.6 is 0 Å². The number of aromatic nitrogens is 3. The van der Waals surface area contributed by atoms with E-state index in [1.165, 1.54) is 59.7 Å². The Morgan fingerprint density at radius 1 is 0.340 bits per heavy atom. The van der Waals surface area contributed by atoms with Gasteiger partial charge in [-0.2, -0.15) is 0 Å². The average molecular weight is 674 g/mol. The average Bonchev–Trinajstić information content (AvgIpc) is 3.56. The molecule has 0 aliphatic carbocycles. The fourth-order valence-electron chi connectivity index (χ4n) is 8.13. The molecule has 0 aliphatic heterocycles.